The first-order valence-corrected chi connectivity index (χ1v) is 6.52. The van der Waals surface area contributed by atoms with Gasteiger partial charge in [-0.1, -0.05) is 12.5 Å². The van der Waals surface area contributed by atoms with Crippen molar-refractivity contribution < 1.29 is 9.90 Å². The summed E-state index contributed by atoms with van der Waals surface area (Å²) < 4.78 is 0. The molecular formula is C14H20N2O2. The third-order valence-electron chi connectivity index (χ3n) is 3.66. The Bertz CT molecular complexity index is 403. The quantitative estimate of drug-likeness (QED) is 0.836. The summed E-state index contributed by atoms with van der Waals surface area (Å²) in [5.41, 5.74) is 2.16. The predicted octanol–water partition coefficient (Wildman–Crippen LogP) is 1.98. The first kappa shape index (κ1) is 13.0. The molecule has 1 aliphatic carbocycles. The number of aromatic nitrogens is 1. The van der Waals surface area contributed by atoms with Gasteiger partial charge in [0.25, 0.3) is 0 Å². The number of nitrogens with one attached hydrogen (secondary N) is 1. The van der Waals surface area contributed by atoms with Crippen molar-refractivity contribution in [3.8, 4) is 0 Å². The minimum absolute atomic E-state index is 0.163. The first-order valence-electron chi connectivity index (χ1n) is 6.52. The molecule has 1 saturated carbocycles. The van der Waals surface area contributed by atoms with Crippen LogP contribution in [0.25, 0.3) is 0 Å². The Hall–Kier alpha value is -1.42. The monoisotopic (exact) mass is 248 g/mol. The highest BCUT2D eigenvalue weighted by Crippen LogP contribution is 2.31. The third kappa shape index (κ3) is 3.29. The molecule has 98 valence electrons. The maximum absolute atomic E-state index is 11.0. The van der Waals surface area contributed by atoms with Crippen LogP contribution in [0.5, 0.6) is 0 Å². The summed E-state index contributed by atoms with van der Waals surface area (Å²) in [5, 5.41) is 12.4. The van der Waals surface area contributed by atoms with E-state index in [0.29, 0.717) is 6.54 Å². The average molecular weight is 248 g/mol. The van der Waals surface area contributed by atoms with E-state index in [1.165, 1.54) is 0 Å². The van der Waals surface area contributed by atoms with Gasteiger partial charge < -0.3 is 10.4 Å². The van der Waals surface area contributed by atoms with Gasteiger partial charge in [0.15, 0.2) is 0 Å². The molecule has 1 aromatic heterocycles. The fourth-order valence-corrected chi connectivity index (χ4v) is 2.59. The van der Waals surface area contributed by atoms with Gasteiger partial charge in [0.1, 0.15) is 0 Å². The van der Waals surface area contributed by atoms with E-state index in [0.717, 1.165) is 37.1 Å². The molecule has 0 bridgehead atoms. The molecule has 18 heavy (non-hydrogen) atoms. The first-order chi connectivity index (χ1) is 8.66. The molecule has 1 aromatic rings. The molecule has 1 aliphatic rings. The summed E-state index contributed by atoms with van der Waals surface area (Å²) in [6.45, 7) is 3.50. The van der Waals surface area contributed by atoms with Crippen molar-refractivity contribution in [1.82, 2.24) is 10.3 Å². The molecule has 0 aliphatic heterocycles. The van der Waals surface area contributed by atoms with Crippen LogP contribution in [0.15, 0.2) is 18.3 Å². The van der Waals surface area contributed by atoms with Crippen molar-refractivity contribution >= 4 is 5.97 Å². The van der Waals surface area contributed by atoms with Crippen molar-refractivity contribution in [3.63, 3.8) is 0 Å². The highest BCUT2D eigenvalue weighted by Gasteiger charge is 2.32. The van der Waals surface area contributed by atoms with E-state index in [9.17, 15) is 4.79 Å². The van der Waals surface area contributed by atoms with Crippen molar-refractivity contribution in [2.45, 2.75) is 32.7 Å². The minimum Gasteiger partial charge on any atom is -0.481 e. The van der Waals surface area contributed by atoms with Crippen molar-refractivity contribution in [2.75, 3.05) is 6.54 Å². The molecule has 0 aromatic carbocycles. The lowest BCUT2D eigenvalue weighted by Gasteiger charge is -2.16. The number of carbonyl (C=O) groups is 1. The van der Waals surface area contributed by atoms with Crippen LogP contribution in [0.1, 0.15) is 30.5 Å². The summed E-state index contributed by atoms with van der Waals surface area (Å²) in [7, 11) is 0. The van der Waals surface area contributed by atoms with Gasteiger partial charge in [-0.3, -0.25) is 9.78 Å². The molecule has 1 heterocycles. The van der Waals surface area contributed by atoms with Gasteiger partial charge in [0, 0.05) is 12.7 Å². The molecule has 0 radical (unpaired) electrons. The Morgan fingerprint density at radius 3 is 3.00 bits per heavy atom. The van der Waals surface area contributed by atoms with Gasteiger partial charge in [-0.15, -0.1) is 0 Å². The van der Waals surface area contributed by atoms with Gasteiger partial charge in [-0.05, 0) is 43.9 Å². The largest absolute Gasteiger partial charge is 0.481 e. The maximum Gasteiger partial charge on any atom is 0.306 e. The predicted molar refractivity (Wildman–Crippen MR) is 69.1 cm³/mol. The number of hydrogen-bond donors (Lipinski definition) is 2. The fourth-order valence-electron chi connectivity index (χ4n) is 2.59. The van der Waals surface area contributed by atoms with Crippen molar-refractivity contribution in [2.24, 2.45) is 11.8 Å². The van der Waals surface area contributed by atoms with E-state index in [4.69, 9.17) is 5.11 Å². The molecule has 1 fully saturated rings. The van der Waals surface area contributed by atoms with Crippen LogP contribution >= 0.6 is 0 Å². The van der Waals surface area contributed by atoms with Crippen LogP contribution in [0.2, 0.25) is 0 Å². The molecule has 2 unspecified atom stereocenters. The fraction of sp³-hybridized carbons (Fsp3) is 0.571. The van der Waals surface area contributed by atoms with Gasteiger partial charge in [-0.2, -0.15) is 0 Å². The minimum atomic E-state index is -0.646. The molecule has 4 nitrogen and oxygen atoms in total. The standard InChI is InChI=1S/C14H20N2O2/c1-10-5-6-12(16-7-10)9-15-8-11-3-2-4-13(11)14(17)18/h5-7,11,13,15H,2-4,8-9H2,1H3,(H,17,18). The SMILES string of the molecule is Cc1ccc(CNCC2CCCC2C(=O)O)nc1. The molecule has 2 N–H and O–H groups in total. The average Bonchev–Trinajstić information content (AvgIpc) is 2.80. The van der Waals surface area contributed by atoms with E-state index in [1.54, 1.807) is 0 Å². The number of aryl methyl sites for hydroxylation is 1. The van der Waals surface area contributed by atoms with Gasteiger partial charge in [0.05, 0.1) is 11.6 Å². The molecular weight excluding hydrogens is 228 g/mol. The van der Waals surface area contributed by atoms with Gasteiger partial charge in [0.2, 0.25) is 0 Å². The van der Waals surface area contributed by atoms with E-state index in [1.807, 2.05) is 25.3 Å². The summed E-state index contributed by atoms with van der Waals surface area (Å²) in [5.74, 6) is -0.538. The maximum atomic E-state index is 11.0. The van der Waals surface area contributed by atoms with Crippen LogP contribution in [0.3, 0.4) is 0 Å². The lowest BCUT2D eigenvalue weighted by atomic mass is 9.96. The summed E-state index contributed by atoms with van der Waals surface area (Å²) in [6, 6.07) is 4.05. The van der Waals surface area contributed by atoms with Crippen molar-refractivity contribution in [3.05, 3.63) is 29.6 Å². The topological polar surface area (TPSA) is 62.2 Å². The Morgan fingerprint density at radius 1 is 1.50 bits per heavy atom. The van der Waals surface area contributed by atoms with Crippen LogP contribution < -0.4 is 5.32 Å². The highest BCUT2D eigenvalue weighted by atomic mass is 16.4. The molecule has 0 saturated heterocycles. The number of carboxylic acid groups (broad SMARTS) is 1. The van der Waals surface area contributed by atoms with Crippen LogP contribution in [0, 0.1) is 18.8 Å². The highest BCUT2D eigenvalue weighted by molar-refractivity contribution is 5.70. The Morgan fingerprint density at radius 2 is 2.33 bits per heavy atom. The van der Waals surface area contributed by atoms with Crippen LogP contribution in [-0.2, 0) is 11.3 Å². The summed E-state index contributed by atoms with van der Waals surface area (Å²) >= 11 is 0. The smallest absolute Gasteiger partial charge is 0.306 e. The zero-order valence-electron chi connectivity index (χ0n) is 10.7. The third-order valence-corrected chi connectivity index (χ3v) is 3.66. The molecule has 4 heteroatoms. The van der Waals surface area contributed by atoms with E-state index in [2.05, 4.69) is 10.3 Å². The lowest BCUT2D eigenvalue weighted by molar-refractivity contribution is -0.142. The van der Waals surface area contributed by atoms with E-state index >= 15 is 0 Å². The number of hydrogen-bond acceptors (Lipinski definition) is 3. The summed E-state index contributed by atoms with van der Waals surface area (Å²) in [4.78, 5) is 15.4. The Kier molecular flexibility index (Phi) is 4.31. The molecule has 2 atom stereocenters. The molecule has 2 rings (SSSR count). The number of nitrogens with zero attached hydrogens (tertiary/aromatic N) is 1. The zero-order chi connectivity index (χ0) is 13.0. The van der Waals surface area contributed by atoms with Gasteiger partial charge in [-0.25, -0.2) is 0 Å². The van der Waals surface area contributed by atoms with Crippen LogP contribution in [-0.4, -0.2) is 22.6 Å². The zero-order valence-corrected chi connectivity index (χ0v) is 10.7. The summed E-state index contributed by atoms with van der Waals surface area (Å²) in [6.07, 6.45) is 4.73. The number of carboxylic acids is 1. The van der Waals surface area contributed by atoms with Crippen LogP contribution in [0.4, 0.5) is 0 Å². The van der Waals surface area contributed by atoms with E-state index in [-0.39, 0.29) is 11.8 Å². The molecule has 0 amide bonds. The Labute approximate surface area is 107 Å². The second-order valence-electron chi connectivity index (χ2n) is 5.09. The Balaban J connectivity index is 1.78. The molecule has 0 spiro atoms. The second-order valence-corrected chi connectivity index (χ2v) is 5.09. The number of aliphatic carboxylic acids is 1. The van der Waals surface area contributed by atoms with E-state index < -0.39 is 5.97 Å². The lowest BCUT2D eigenvalue weighted by Crippen LogP contribution is -2.28. The van der Waals surface area contributed by atoms with Crippen molar-refractivity contribution in [1.29, 1.82) is 0 Å². The van der Waals surface area contributed by atoms with Gasteiger partial charge >= 0.3 is 5.97 Å². The number of pyridine rings is 1. The normalized spacial score (nSPS) is 23.2. The second kappa shape index (κ2) is 5.96. The number of rotatable bonds is 5.